The fourth-order valence-corrected chi connectivity index (χ4v) is 2.87. The van der Waals surface area contributed by atoms with E-state index in [-0.39, 0.29) is 5.91 Å². The molecule has 0 aliphatic carbocycles. The average molecular weight is 343 g/mol. The van der Waals surface area contributed by atoms with Gasteiger partial charge in [0.2, 0.25) is 0 Å². The van der Waals surface area contributed by atoms with Crippen molar-refractivity contribution in [3.8, 4) is 0 Å². The molecule has 0 aromatic heterocycles. The number of ether oxygens (including phenoxy) is 2. The molecule has 2 fully saturated rings. The zero-order chi connectivity index (χ0) is 17.6. The number of hydrogen-bond acceptors (Lipinski definition) is 5. The third-order valence-electron chi connectivity index (χ3n) is 4.24. The Morgan fingerprint density at radius 3 is 2.52 bits per heavy atom. The summed E-state index contributed by atoms with van der Waals surface area (Å²) in [5.41, 5.74) is 2.11. The Labute approximate surface area is 148 Å². The standard InChI is InChI=1S/C19H25N3O3/c1-3-9-20-19-22(4-2)18(23)17(25-19)14-15-5-7-16(8-6-15)21-10-12-24-13-11-21/h5-8,14H,3-4,9-13H2,1-2H3/b17-14+,20-19+. The summed E-state index contributed by atoms with van der Waals surface area (Å²) in [7, 11) is 0. The molecular formula is C19H25N3O3. The summed E-state index contributed by atoms with van der Waals surface area (Å²) in [6.45, 7) is 8.51. The predicted molar refractivity (Wildman–Crippen MR) is 98.5 cm³/mol. The molecule has 1 amide bonds. The van der Waals surface area contributed by atoms with Crippen molar-refractivity contribution >= 4 is 23.7 Å². The van der Waals surface area contributed by atoms with Gasteiger partial charge in [-0.15, -0.1) is 0 Å². The minimum absolute atomic E-state index is 0.130. The van der Waals surface area contributed by atoms with Crippen LogP contribution in [0.25, 0.3) is 6.08 Å². The van der Waals surface area contributed by atoms with Crippen LogP contribution in [0.2, 0.25) is 0 Å². The van der Waals surface area contributed by atoms with Crippen molar-refractivity contribution in [1.29, 1.82) is 0 Å². The summed E-state index contributed by atoms with van der Waals surface area (Å²) < 4.78 is 11.1. The smallest absolute Gasteiger partial charge is 0.300 e. The van der Waals surface area contributed by atoms with Crippen LogP contribution in [0.15, 0.2) is 35.0 Å². The molecule has 0 saturated carbocycles. The lowest BCUT2D eigenvalue weighted by atomic mass is 10.1. The fourth-order valence-electron chi connectivity index (χ4n) is 2.87. The number of aliphatic imine (C=N–C) groups is 1. The molecule has 2 aliphatic rings. The third-order valence-corrected chi connectivity index (χ3v) is 4.24. The highest BCUT2D eigenvalue weighted by atomic mass is 16.5. The van der Waals surface area contributed by atoms with E-state index in [4.69, 9.17) is 9.47 Å². The topological polar surface area (TPSA) is 54.4 Å². The highest BCUT2D eigenvalue weighted by Gasteiger charge is 2.33. The molecule has 2 heterocycles. The second-order valence-corrected chi connectivity index (χ2v) is 6.02. The van der Waals surface area contributed by atoms with Crippen LogP contribution >= 0.6 is 0 Å². The first-order chi connectivity index (χ1) is 12.2. The second-order valence-electron chi connectivity index (χ2n) is 6.02. The molecule has 0 bridgehead atoms. The van der Waals surface area contributed by atoms with Gasteiger partial charge in [-0.1, -0.05) is 19.1 Å². The SMILES string of the molecule is CCC/N=C1/O/C(=C/c2ccc(N3CCOCC3)cc2)C(=O)N1CC. The van der Waals surface area contributed by atoms with E-state index < -0.39 is 0 Å². The highest BCUT2D eigenvalue weighted by molar-refractivity contribution is 6.11. The van der Waals surface area contributed by atoms with Crippen LogP contribution in [0.4, 0.5) is 5.69 Å². The Morgan fingerprint density at radius 1 is 1.16 bits per heavy atom. The zero-order valence-electron chi connectivity index (χ0n) is 14.9. The number of benzene rings is 1. The first-order valence-corrected chi connectivity index (χ1v) is 8.91. The van der Waals surface area contributed by atoms with Gasteiger partial charge >= 0.3 is 0 Å². The van der Waals surface area contributed by atoms with E-state index in [1.54, 1.807) is 11.0 Å². The van der Waals surface area contributed by atoms with Crippen molar-refractivity contribution in [2.75, 3.05) is 44.3 Å². The van der Waals surface area contributed by atoms with Crippen molar-refractivity contribution in [2.24, 2.45) is 4.99 Å². The molecule has 25 heavy (non-hydrogen) atoms. The van der Waals surface area contributed by atoms with Crippen LogP contribution in [-0.4, -0.2) is 56.2 Å². The van der Waals surface area contributed by atoms with Crippen molar-refractivity contribution in [1.82, 2.24) is 4.90 Å². The average Bonchev–Trinajstić information content (AvgIpc) is 2.96. The number of rotatable bonds is 5. The van der Waals surface area contributed by atoms with E-state index in [0.29, 0.717) is 24.9 Å². The van der Waals surface area contributed by atoms with Gasteiger partial charge in [0.1, 0.15) is 0 Å². The maximum atomic E-state index is 12.5. The number of morpholine rings is 1. The number of amidine groups is 1. The number of amides is 1. The zero-order valence-corrected chi connectivity index (χ0v) is 14.9. The molecule has 2 aliphatic heterocycles. The first-order valence-electron chi connectivity index (χ1n) is 8.91. The molecule has 0 unspecified atom stereocenters. The summed E-state index contributed by atoms with van der Waals surface area (Å²) in [6, 6.07) is 8.56. The molecule has 1 aromatic rings. The van der Waals surface area contributed by atoms with Crippen LogP contribution in [0.5, 0.6) is 0 Å². The number of carbonyl (C=O) groups is 1. The van der Waals surface area contributed by atoms with Crippen LogP contribution in [0, 0.1) is 0 Å². The Kier molecular flexibility index (Phi) is 5.71. The van der Waals surface area contributed by atoms with Gasteiger partial charge in [0.05, 0.1) is 13.2 Å². The third kappa shape index (κ3) is 4.02. The second kappa shape index (κ2) is 8.16. The van der Waals surface area contributed by atoms with E-state index in [0.717, 1.165) is 38.3 Å². The molecule has 2 saturated heterocycles. The van der Waals surface area contributed by atoms with Crippen molar-refractivity contribution in [2.45, 2.75) is 20.3 Å². The van der Waals surface area contributed by atoms with E-state index in [2.05, 4.69) is 22.0 Å². The normalized spacial score (nSPS) is 21.3. The monoisotopic (exact) mass is 343 g/mol. The molecule has 0 N–H and O–H groups in total. The van der Waals surface area contributed by atoms with Crippen molar-refractivity contribution < 1.29 is 14.3 Å². The molecule has 6 heteroatoms. The summed E-state index contributed by atoms with van der Waals surface area (Å²) in [5.74, 6) is 0.199. The highest BCUT2D eigenvalue weighted by Crippen LogP contribution is 2.22. The molecule has 134 valence electrons. The Morgan fingerprint density at radius 2 is 1.88 bits per heavy atom. The van der Waals surface area contributed by atoms with Crippen LogP contribution in [-0.2, 0) is 14.3 Å². The fraction of sp³-hybridized carbons (Fsp3) is 0.474. The molecule has 0 radical (unpaired) electrons. The van der Waals surface area contributed by atoms with Gasteiger partial charge in [0, 0.05) is 31.9 Å². The number of nitrogens with zero attached hydrogens (tertiary/aromatic N) is 3. The predicted octanol–water partition coefficient (Wildman–Crippen LogP) is 2.51. The van der Waals surface area contributed by atoms with Gasteiger partial charge in [-0.25, -0.2) is 4.99 Å². The van der Waals surface area contributed by atoms with Crippen LogP contribution < -0.4 is 4.90 Å². The van der Waals surface area contributed by atoms with Crippen LogP contribution in [0.3, 0.4) is 0 Å². The van der Waals surface area contributed by atoms with Gasteiger partial charge in [0.15, 0.2) is 5.76 Å². The van der Waals surface area contributed by atoms with Gasteiger partial charge < -0.3 is 14.4 Å². The maximum Gasteiger partial charge on any atom is 0.300 e. The number of likely N-dealkylation sites (N-methyl/N-ethyl adjacent to an activating group) is 1. The Hall–Kier alpha value is -2.34. The lowest BCUT2D eigenvalue weighted by Crippen LogP contribution is -2.36. The molecule has 0 spiro atoms. The van der Waals surface area contributed by atoms with Gasteiger partial charge in [-0.05, 0) is 37.1 Å². The van der Waals surface area contributed by atoms with Gasteiger partial charge in [-0.3, -0.25) is 9.69 Å². The summed E-state index contributed by atoms with van der Waals surface area (Å²) in [6.07, 6.45) is 2.70. The molecule has 6 nitrogen and oxygen atoms in total. The lowest BCUT2D eigenvalue weighted by Gasteiger charge is -2.28. The van der Waals surface area contributed by atoms with Crippen molar-refractivity contribution in [3.63, 3.8) is 0 Å². The molecule has 0 atom stereocenters. The minimum atomic E-state index is -0.130. The number of hydrogen-bond donors (Lipinski definition) is 0. The number of carbonyl (C=O) groups excluding carboxylic acids is 1. The summed E-state index contributed by atoms with van der Waals surface area (Å²) in [5, 5.41) is 0. The molecule has 1 aromatic carbocycles. The largest absolute Gasteiger partial charge is 0.420 e. The number of anilines is 1. The quantitative estimate of drug-likeness (QED) is 0.771. The summed E-state index contributed by atoms with van der Waals surface area (Å²) in [4.78, 5) is 20.7. The molecule has 3 rings (SSSR count). The van der Waals surface area contributed by atoms with E-state index in [1.165, 1.54) is 5.69 Å². The Balaban J connectivity index is 1.74. The van der Waals surface area contributed by atoms with E-state index in [1.807, 2.05) is 26.0 Å². The first kappa shape index (κ1) is 17.5. The van der Waals surface area contributed by atoms with Crippen molar-refractivity contribution in [3.05, 3.63) is 35.6 Å². The maximum absolute atomic E-state index is 12.5. The van der Waals surface area contributed by atoms with E-state index in [9.17, 15) is 4.79 Å². The lowest BCUT2D eigenvalue weighted by molar-refractivity contribution is -0.122. The van der Waals surface area contributed by atoms with Crippen LogP contribution in [0.1, 0.15) is 25.8 Å². The summed E-state index contributed by atoms with van der Waals surface area (Å²) >= 11 is 0. The minimum Gasteiger partial charge on any atom is -0.420 e. The van der Waals surface area contributed by atoms with Gasteiger partial charge in [0.25, 0.3) is 11.9 Å². The Bertz CT molecular complexity index is 661. The van der Waals surface area contributed by atoms with Gasteiger partial charge in [-0.2, -0.15) is 0 Å². The van der Waals surface area contributed by atoms with E-state index >= 15 is 0 Å². The molecular weight excluding hydrogens is 318 g/mol.